The average molecular weight is 151 g/mol. The van der Waals surface area contributed by atoms with E-state index in [2.05, 4.69) is 23.3 Å². The summed E-state index contributed by atoms with van der Waals surface area (Å²) in [6.45, 7) is 8.72. The zero-order valence-corrected chi connectivity index (χ0v) is 6.96. The summed E-state index contributed by atoms with van der Waals surface area (Å²) >= 11 is 0. The summed E-state index contributed by atoms with van der Waals surface area (Å²) in [6, 6.07) is 0. The van der Waals surface area contributed by atoms with Crippen molar-refractivity contribution in [2.75, 3.05) is 7.05 Å². The van der Waals surface area contributed by atoms with Gasteiger partial charge in [0.25, 0.3) is 0 Å². The highest BCUT2D eigenvalue weighted by molar-refractivity contribution is 6.01. The van der Waals surface area contributed by atoms with E-state index < -0.39 is 0 Å². The van der Waals surface area contributed by atoms with Crippen LogP contribution in [0, 0.1) is 0 Å². The molecule has 0 heterocycles. The van der Waals surface area contributed by atoms with Crippen molar-refractivity contribution in [1.82, 2.24) is 0 Å². The third-order valence-corrected chi connectivity index (χ3v) is 1.35. The minimum Gasteiger partial charge on any atom is -0.398 e. The summed E-state index contributed by atoms with van der Waals surface area (Å²) in [6.07, 6.45) is 1.56. The molecular weight excluding hydrogens is 138 g/mol. The summed E-state index contributed by atoms with van der Waals surface area (Å²) in [5.41, 5.74) is 6.95. The molecular formula is C8H13N3. The Bertz CT molecular complexity index is 223. The van der Waals surface area contributed by atoms with Crippen LogP contribution >= 0.6 is 0 Å². The topological polar surface area (TPSA) is 50.7 Å². The van der Waals surface area contributed by atoms with Gasteiger partial charge in [-0.05, 0) is 19.7 Å². The van der Waals surface area contributed by atoms with Crippen molar-refractivity contribution >= 4 is 12.6 Å². The van der Waals surface area contributed by atoms with E-state index in [9.17, 15) is 0 Å². The number of nitrogens with zero attached hydrogens (tertiary/aromatic N) is 2. The first kappa shape index (κ1) is 9.62. The second kappa shape index (κ2) is 4.44. The third-order valence-electron chi connectivity index (χ3n) is 1.35. The molecule has 11 heavy (non-hydrogen) atoms. The highest BCUT2D eigenvalue weighted by atomic mass is 14.9. The van der Waals surface area contributed by atoms with Crippen molar-refractivity contribution in [3.63, 3.8) is 0 Å². The Hall–Kier alpha value is -1.38. The van der Waals surface area contributed by atoms with Crippen molar-refractivity contribution in [3.05, 3.63) is 23.9 Å². The molecule has 0 aromatic heterocycles. The maximum atomic E-state index is 5.56. The zero-order valence-electron chi connectivity index (χ0n) is 6.96. The molecule has 0 aromatic carbocycles. The lowest BCUT2D eigenvalue weighted by Gasteiger charge is -2.00. The van der Waals surface area contributed by atoms with Crippen LogP contribution in [0.3, 0.4) is 0 Å². The van der Waals surface area contributed by atoms with E-state index in [0.717, 1.165) is 5.57 Å². The number of allylic oxidation sites excluding steroid dienone is 1. The number of rotatable bonds is 2. The van der Waals surface area contributed by atoms with Crippen molar-refractivity contribution in [2.45, 2.75) is 6.92 Å². The molecule has 0 spiro atoms. The Morgan fingerprint density at radius 1 is 1.55 bits per heavy atom. The van der Waals surface area contributed by atoms with E-state index in [-0.39, 0.29) is 0 Å². The molecule has 3 heteroatoms. The van der Waals surface area contributed by atoms with E-state index in [4.69, 9.17) is 5.73 Å². The van der Waals surface area contributed by atoms with Crippen molar-refractivity contribution < 1.29 is 0 Å². The lowest BCUT2D eigenvalue weighted by atomic mass is 10.2. The molecule has 0 fully saturated rings. The summed E-state index contributed by atoms with van der Waals surface area (Å²) in [7, 11) is 1.64. The summed E-state index contributed by atoms with van der Waals surface area (Å²) in [4.78, 5) is 7.57. The van der Waals surface area contributed by atoms with E-state index in [0.29, 0.717) is 11.5 Å². The maximum absolute atomic E-state index is 5.56. The number of amidine groups is 1. The van der Waals surface area contributed by atoms with Crippen LogP contribution in [0.5, 0.6) is 0 Å². The molecule has 0 aliphatic rings. The molecule has 0 radical (unpaired) electrons. The lowest BCUT2D eigenvalue weighted by molar-refractivity contribution is 1.30. The fourth-order valence-electron chi connectivity index (χ4n) is 0.639. The van der Waals surface area contributed by atoms with Gasteiger partial charge in [0.2, 0.25) is 0 Å². The van der Waals surface area contributed by atoms with Crippen molar-refractivity contribution in [2.24, 2.45) is 15.7 Å². The van der Waals surface area contributed by atoms with Gasteiger partial charge in [-0.2, -0.15) is 0 Å². The summed E-state index contributed by atoms with van der Waals surface area (Å²) < 4.78 is 0. The van der Waals surface area contributed by atoms with E-state index in [1.807, 2.05) is 6.92 Å². The van der Waals surface area contributed by atoms with Crippen LogP contribution in [0.25, 0.3) is 0 Å². The lowest BCUT2D eigenvalue weighted by Crippen LogP contribution is -2.04. The fourth-order valence-corrected chi connectivity index (χ4v) is 0.639. The summed E-state index contributed by atoms with van der Waals surface area (Å²) in [5.74, 6) is 0.558. The van der Waals surface area contributed by atoms with Crippen LogP contribution in [0.15, 0.2) is 33.9 Å². The number of nitrogens with two attached hydrogens (primary N) is 1. The van der Waals surface area contributed by atoms with Gasteiger partial charge in [0.05, 0.1) is 0 Å². The Labute approximate surface area is 67.0 Å². The van der Waals surface area contributed by atoms with Gasteiger partial charge < -0.3 is 5.73 Å². The molecule has 3 nitrogen and oxygen atoms in total. The largest absolute Gasteiger partial charge is 0.398 e. The number of hydrogen-bond acceptors (Lipinski definition) is 2. The molecule has 0 unspecified atom stereocenters. The van der Waals surface area contributed by atoms with Gasteiger partial charge in [0.15, 0.2) is 5.84 Å². The molecule has 0 aromatic rings. The first-order valence-electron chi connectivity index (χ1n) is 3.20. The molecule has 0 saturated carbocycles. The smallest absolute Gasteiger partial charge is 0.151 e. The van der Waals surface area contributed by atoms with E-state index in [1.54, 1.807) is 13.1 Å². The van der Waals surface area contributed by atoms with Crippen LogP contribution in [-0.4, -0.2) is 19.6 Å². The minimum atomic E-state index is 0.558. The van der Waals surface area contributed by atoms with Crippen LogP contribution in [0.2, 0.25) is 0 Å². The highest BCUT2D eigenvalue weighted by Gasteiger charge is 1.99. The Balaban J connectivity index is 4.85. The van der Waals surface area contributed by atoms with Crippen LogP contribution in [-0.2, 0) is 0 Å². The third kappa shape index (κ3) is 2.37. The zero-order chi connectivity index (χ0) is 8.85. The predicted molar refractivity (Wildman–Crippen MR) is 50.0 cm³/mol. The number of aliphatic imine (C=N–C) groups is 2. The van der Waals surface area contributed by atoms with Crippen molar-refractivity contribution in [1.29, 1.82) is 0 Å². The Morgan fingerprint density at radius 2 is 2.09 bits per heavy atom. The Morgan fingerprint density at radius 3 is 2.36 bits per heavy atom. The molecule has 2 N–H and O–H groups in total. The number of hydrogen-bond donors (Lipinski definition) is 1. The van der Waals surface area contributed by atoms with Crippen molar-refractivity contribution in [3.8, 4) is 0 Å². The molecule has 0 aliphatic heterocycles. The van der Waals surface area contributed by atoms with Crippen LogP contribution in [0.4, 0.5) is 0 Å². The second-order valence-electron chi connectivity index (χ2n) is 1.99. The summed E-state index contributed by atoms with van der Waals surface area (Å²) in [5, 5.41) is 0. The molecule has 0 saturated heterocycles. The first-order valence-corrected chi connectivity index (χ1v) is 3.20. The molecule has 0 rings (SSSR count). The second-order valence-corrected chi connectivity index (χ2v) is 1.99. The van der Waals surface area contributed by atoms with Gasteiger partial charge in [-0.15, -0.1) is 0 Å². The quantitative estimate of drug-likeness (QED) is 0.359. The SMILES string of the molecule is C=CC(N)=C(C)C(N=C)=NC. The molecule has 0 amide bonds. The Kier molecular flexibility index (Phi) is 3.88. The van der Waals surface area contributed by atoms with Gasteiger partial charge >= 0.3 is 0 Å². The normalized spacial score (nSPS) is 13.8. The average Bonchev–Trinajstić information content (AvgIpc) is 2.05. The van der Waals surface area contributed by atoms with Gasteiger partial charge in [-0.25, -0.2) is 4.99 Å². The van der Waals surface area contributed by atoms with Crippen LogP contribution < -0.4 is 5.73 Å². The predicted octanol–water partition coefficient (Wildman–Crippen LogP) is 1.13. The first-order chi connectivity index (χ1) is 5.17. The standard InChI is InChI=1S/C8H13N3/c1-5-7(9)6(2)8(10-3)11-4/h5H,1,3,9H2,2,4H3. The van der Waals surface area contributed by atoms with Gasteiger partial charge in [0.1, 0.15) is 0 Å². The van der Waals surface area contributed by atoms with Gasteiger partial charge in [-0.1, -0.05) is 6.58 Å². The minimum absolute atomic E-state index is 0.558. The maximum Gasteiger partial charge on any atom is 0.151 e. The monoisotopic (exact) mass is 151 g/mol. The highest BCUT2D eigenvalue weighted by Crippen LogP contribution is 2.02. The molecule has 60 valence electrons. The molecule has 0 atom stereocenters. The van der Waals surface area contributed by atoms with Gasteiger partial charge in [-0.3, -0.25) is 4.99 Å². The molecule has 0 bridgehead atoms. The fraction of sp³-hybridized carbons (Fsp3) is 0.250. The van der Waals surface area contributed by atoms with E-state index in [1.165, 1.54) is 0 Å². The van der Waals surface area contributed by atoms with E-state index >= 15 is 0 Å². The molecule has 0 aliphatic carbocycles. The van der Waals surface area contributed by atoms with Crippen LogP contribution in [0.1, 0.15) is 6.92 Å². The van der Waals surface area contributed by atoms with Gasteiger partial charge in [0, 0.05) is 18.3 Å².